The maximum absolute atomic E-state index is 12.9. The number of H-pyrrole nitrogens is 1. The van der Waals surface area contributed by atoms with Crippen molar-refractivity contribution in [2.45, 2.75) is 25.4 Å². The Hall–Kier alpha value is -4.01. The minimum Gasteiger partial charge on any atom is -0.346 e. The molecule has 2 aliphatic rings. The number of anilines is 1. The molecule has 30 heavy (non-hydrogen) atoms. The Morgan fingerprint density at radius 1 is 1.17 bits per heavy atom. The minimum atomic E-state index is -0.667. The largest absolute Gasteiger partial charge is 0.346 e. The highest BCUT2D eigenvalue weighted by Gasteiger charge is 2.39. The lowest BCUT2D eigenvalue weighted by Gasteiger charge is -2.29. The molecule has 2 aromatic heterocycles. The number of rotatable bonds is 3. The number of hydrogen-bond acceptors (Lipinski definition) is 5. The maximum Gasteiger partial charge on any atom is 0.256 e. The first-order chi connectivity index (χ1) is 14.5. The lowest BCUT2D eigenvalue weighted by atomic mass is 10.0. The maximum atomic E-state index is 12.9. The van der Waals surface area contributed by atoms with Gasteiger partial charge in [0.25, 0.3) is 11.8 Å². The molecule has 9 heteroatoms. The van der Waals surface area contributed by atoms with Crippen molar-refractivity contribution < 1.29 is 19.2 Å². The van der Waals surface area contributed by atoms with E-state index in [0.717, 1.165) is 5.56 Å². The second-order valence-electron chi connectivity index (χ2n) is 7.32. The first kappa shape index (κ1) is 18.0. The average Bonchev–Trinajstić information content (AvgIpc) is 3.33. The molecule has 2 aliphatic heterocycles. The molecule has 0 bridgehead atoms. The minimum absolute atomic E-state index is 0.206. The highest BCUT2D eigenvalue weighted by Crippen LogP contribution is 2.29. The van der Waals surface area contributed by atoms with Crippen LogP contribution in [0.1, 0.15) is 39.1 Å². The van der Waals surface area contributed by atoms with Crippen LogP contribution in [0.2, 0.25) is 0 Å². The van der Waals surface area contributed by atoms with Crippen LogP contribution in [0.25, 0.3) is 11.0 Å². The van der Waals surface area contributed by atoms with Crippen LogP contribution in [0.3, 0.4) is 0 Å². The number of nitrogens with zero attached hydrogens (tertiary/aromatic N) is 2. The quantitative estimate of drug-likeness (QED) is 0.573. The molecule has 0 aliphatic carbocycles. The molecule has 1 atom stereocenters. The Kier molecular flexibility index (Phi) is 4.09. The van der Waals surface area contributed by atoms with Gasteiger partial charge in [0, 0.05) is 42.0 Å². The van der Waals surface area contributed by atoms with Gasteiger partial charge in [0.1, 0.15) is 11.7 Å². The van der Waals surface area contributed by atoms with E-state index in [4.69, 9.17) is 0 Å². The molecule has 3 aromatic rings. The first-order valence-corrected chi connectivity index (χ1v) is 9.52. The van der Waals surface area contributed by atoms with E-state index >= 15 is 0 Å². The van der Waals surface area contributed by atoms with Crippen LogP contribution in [0, 0.1) is 0 Å². The fraction of sp³-hybridized carbons (Fsp3) is 0.190. The zero-order chi connectivity index (χ0) is 20.8. The number of benzene rings is 1. The van der Waals surface area contributed by atoms with E-state index in [1.165, 1.54) is 4.90 Å². The topological polar surface area (TPSA) is 124 Å². The van der Waals surface area contributed by atoms with E-state index in [9.17, 15) is 19.2 Å². The Labute approximate surface area is 170 Å². The van der Waals surface area contributed by atoms with Crippen molar-refractivity contribution in [3.8, 4) is 0 Å². The van der Waals surface area contributed by atoms with Crippen LogP contribution in [0.4, 0.5) is 5.69 Å². The normalized spacial score (nSPS) is 18.5. The van der Waals surface area contributed by atoms with E-state index in [1.807, 2.05) is 0 Å². The molecule has 3 N–H and O–H groups in total. The fourth-order valence-electron chi connectivity index (χ4n) is 3.99. The number of hydrogen-bond donors (Lipinski definition) is 3. The average molecular weight is 403 g/mol. The molecule has 5 rings (SSSR count). The highest BCUT2D eigenvalue weighted by molar-refractivity contribution is 6.12. The second kappa shape index (κ2) is 6.80. The van der Waals surface area contributed by atoms with Crippen molar-refractivity contribution in [1.29, 1.82) is 0 Å². The number of amides is 4. The smallest absolute Gasteiger partial charge is 0.256 e. The summed E-state index contributed by atoms with van der Waals surface area (Å²) in [6, 6.07) is 7.87. The number of imide groups is 1. The van der Waals surface area contributed by atoms with Gasteiger partial charge < -0.3 is 15.2 Å². The molecule has 1 fully saturated rings. The second-order valence-corrected chi connectivity index (χ2v) is 7.32. The number of pyridine rings is 1. The van der Waals surface area contributed by atoms with Gasteiger partial charge in [0.05, 0.1) is 5.56 Å². The van der Waals surface area contributed by atoms with Gasteiger partial charge in [0.2, 0.25) is 11.8 Å². The molecular weight excluding hydrogens is 386 g/mol. The molecule has 0 saturated carbocycles. The monoisotopic (exact) mass is 403 g/mol. The van der Waals surface area contributed by atoms with Gasteiger partial charge in [-0.05, 0) is 36.2 Å². The summed E-state index contributed by atoms with van der Waals surface area (Å²) in [7, 11) is 0. The summed E-state index contributed by atoms with van der Waals surface area (Å²) in [4.78, 5) is 57.8. The van der Waals surface area contributed by atoms with Crippen molar-refractivity contribution in [3.05, 3.63) is 59.4 Å². The van der Waals surface area contributed by atoms with E-state index in [2.05, 4.69) is 20.6 Å². The number of nitrogens with one attached hydrogen (secondary N) is 3. The van der Waals surface area contributed by atoms with E-state index in [0.29, 0.717) is 40.8 Å². The number of piperidine rings is 1. The molecule has 9 nitrogen and oxygen atoms in total. The van der Waals surface area contributed by atoms with Crippen LogP contribution in [0.15, 0.2) is 42.7 Å². The highest BCUT2D eigenvalue weighted by atomic mass is 16.2. The van der Waals surface area contributed by atoms with Crippen molar-refractivity contribution in [3.63, 3.8) is 0 Å². The van der Waals surface area contributed by atoms with E-state index in [-0.39, 0.29) is 24.1 Å². The lowest BCUT2D eigenvalue weighted by Crippen LogP contribution is -2.52. The lowest BCUT2D eigenvalue weighted by molar-refractivity contribution is -0.136. The molecule has 0 spiro atoms. The van der Waals surface area contributed by atoms with Gasteiger partial charge in [0.15, 0.2) is 0 Å². The van der Waals surface area contributed by atoms with Gasteiger partial charge >= 0.3 is 0 Å². The Morgan fingerprint density at radius 3 is 2.87 bits per heavy atom. The number of aromatic amines is 1. The van der Waals surface area contributed by atoms with Crippen molar-refractivity contribution >= 4 is 40.3 Å². The fourth-order valence-corrected chi connectivity index (χ4v) is 3.99. The first-order valence-electron chi connectivity index (χ1n) is 9.52. The van der Waals surface area contributed by atoms with Crippen LogP contribution >= 0.6 is 0 Å². The third kappa shape index (κ3) is 2.91. The van der Waals surface area contributed by atoms with Gasteiger partial charge in [-0.15, -0.1) is 0 Å². The van der Waals surface area contributed by atoms with Gasteiger partial charge in [-0.2, -0.15) is 0 Å². The van der Waals surface area contributed by atoms with Gasteiger partial charge in [-0.1, -0.05) is 6.07 Å². The molecule has 150 valence electrons. The van der Waals surface area contributed by atoms with Crippen molar-refractivity contribution in [2.75, 3.05) is 5.32 Å². The summed E-state index contributed by atoms with van der Waals surface area (Å²) in [5.74, 6) is -1.37. The Bertz CT molecular complexity index is 1230. The Balaban J connectivity index is 1.37. The third-order valence-electron chi connectivity index (χ3n) is 5.49. The number of fused-ring (bicyclic) bond motifs is 2. The van der Waals surface area contributed by atoms with Gasteiger partial charge in [-0.3, -0.25) is 24.5 Å². The van der Waals surface area contributed by atoms with E-state index < -0.39 is 11.9 Å². The van der Waals surface area contributed by atoms with Crippen LogP contribution in [-0.4, -0.2) is 44.5 Å². The molecule has 1 saturated heterocycles. The molecule has 1 unspecified atom stereocenters. The summed E-state index contributed by atoms with van der Waals surface area (Å²) < 4.78 is 0. The number of carbonyl (C=O) groups is 4. The van der Waals surface area contributed by atoms with Crippen LogP contribution < -0.4 is 10.6 Å². The van der Waals surface area contributed by atoms with Crippen LogP contribution in [0.5, 0.6) is 0 Å². The predicted octanol–water partition coefficient (Wildman–Crippen LogP) is 1.58. The number of aromatic nitrogens is 2. The van der Waals surface area contributed by atoms with E-state index in [1.54, 1.807) is 42.7 Å². The summed E-state index contributed by atoms with van der Waals surface area (Å²) in [5.41, 5.74) is 2.79. The zero-order valence-corrected chi connectivity index (χ0v) is 15.8. The summed E-state index contributed by atoms with van der Waals surface area (Å²) in [5, 5.41) is 5.81. The molecule has 4 heterocycles. The zero-order valence-electron chi connectivity index (χ0n) is 15.8. The summed E-state index contributed by atoms with van der Waals surface area (Å²) in [6.45, 7) is 0.295. The summed E-state index contributed by atoms with van der Waals surface area (Å²) >= 11 is 0. The molecule has 1 aromatic carbocycles. The molecule has 4 amide bonds. The Morgan fingerprint density at radius 2 is 2.03 bits per heavy atom. The third-order valence-corrected chi connectivity index (χ3v) is 5.49. The van der Waals surface area contributed by atoms with Crippen molar-refractivity contribution in [2.24, 2.45) is 0 Å². The predicted molar refractivity (Wildman–Crippen MR) is 107 cm³/mol. The standard InChI is InChI=1S/C21H17N5O4/c27-17-4-3-16(20(29)25-17)26-10-11-1-2-12(9-15(11)21(26)30)24-19(28)14-6-8-23-18-13(14)5-7-22-18/h1-2,5-9,16H,3-4,10H2,(H,22,23)(H,24,28)(H,25,27,29). The van der Waals surface area contributed by atoms with Crippen molar-refractivity contribution in [1.82, 2.24) is 20.2 Å². The SMILES string of the molecule is O=C1CCC(N2Cc3ccc(NC(=O)c4ccnc5[nH]ccc45)cc3C2=O)C(=O)N1. The van der Waals surface area contributed by atoms with Crippen LogP contribution in [-0.2, 0) is 16.1 Å². The summed E-state index contributed by atoms with van der Waals surface area (Å²) in [6.07, 6.45) is 3.78. The van der Waals surface area contributed by atoms with Gasteiger partial charge in [-0.25, -0.2) is 4.98 Å². The number of carbonyl (C=O) groups excluding carboxylic acids is 4. The molecular formula is C21H17N5O4. The molecule has 0 radical (unpaired) electrons.